The highest BCUT2D eigenvalue weighted by atomic mass is 35.5. The number of hydrogen-bond acceptors (Lipinski definition) is 5. The Kier molecular flexibility index (Phi) is 5.48. The summed E-state index contributed by atoms with van der Waals surface area (Å²) in [5, 5.41) is 3.38. The van der Waals surface area contributed by atoms with Crippen molar-refractivity contribution in [2.24, 2.45) is 0 Å². The summed E-state index contributed by atoms with van der Waals surface area (Å²) < 4.78 is 22.5. The summed E-state index contributed by atoms with van der Waals surface area (Å²) in [6.07, 6.45) is 1.56. The smallest absolute Gasteiger partial charge is 0.253 e. The molecule has 0 fully saturated rings. The summed E-state index contributed by atoms with van der Waals surface area (Å²) in [6.45, 7) is 4.19. The average Bonchev–Trinajstić information content (AvgIpc) is 2.96. The second-order valence-electron chi connectivity index (χ2n) is 6.67. The first-order valence-corrected chi connectivity index (χ1v) is 9.83. The molecule has 0 bridgehead atoms. The predicted octanol–water partition coefficient (Wildman–Crippen LogP) is 4.15. The van der Waals surface area contributed by atoms with Gasteiger partial charge in [-0.3, -0.25) is 4.79 Å². The standard InChI is InChI=1S/C21H22ClNO5/c1-2-16(13-4-5-17-18(10-13)26-7-3-6-25-17)23-21(24)14-11-19-20(12-15(14)22)28-9-8-27-19/h4-5,10-12,16H,2-3,6-9H2,1H3,(H,23,24). The number of benzene rings is 2. The van der Waals surface area contributed by atoms with Gasteiger partial charge in [0.25, 0.3) is 5.91 Å². The van der Waals surface area contributed by atoms with Gasteiger partial charge in [-0.1, -0.05) is 24.6 Å². The van der Waals surface area contributed by atoms with E-state index in [4.69, 9.17) is 30.5 Å². The zero-order valence-electron chi connectivity index (χ0n) is 15.6. The lowest BCUT2D eigenvalue weighted by Gasteiger charge is -2.22. The van der Waals surface area contributed by atoms with E-state index in [1.54, 1.807) is 12.1 Å². The lowest BCUT2D eigenvalue weighted by molar-refractivity contribution is 0.0934. The van der Waals surface area contributed by atoms with E-state index in [9.17, 15) is 4.79 Å². The van der Waals surface area contributed by atoms with E-state index in [-0.39, 0.29) is 11.9 Å². The van der Waals surface area contributed by atoms with Gasteiger partial charge in [-0.25, -0.2) is 0 Å². The van der Waals surface area contributed by atoms with Crippen LogP contribution in [0, 0.1) is 0 Å². The lowest BCUT2D eigenvalue weighted by Crippen LogP contribution is -2.28. The molecule has 148 valence electrons. The summed E-state index contributed by atoms with van der Waals surface area (Å²) in [4.78, 5) is 12.9. The normalized spacial score (nSPS) is 16.1. The molecule has 1 unspecified atom stereocenters. The van der Waals surface area contributed by atoms with Crippen molar-refractivity contribution in [3.8, 4) is 23.0 Å². The third-order valence-electron chi connectivity index (χ3n) is 4.76. The van der Waals surface area contributed by atoms with Gasteiger partial charge < -0.3 is 24.3 Å². The SMILES string of the molecule is CCC(NC(=O)c1cc2c(cc1Cl)OCCO2)c1ccc2c(c1)OCCCO2. The number of fused-ring (bicyclic) bond motifs is 2. The van der Waals surface area contributed by atoms with Crippen molar-refractivity contribution in [2.45, 2.75) is 25.8 Å². The number of ether oxygens (including phenoxy) is 4. The van der Waals surface area contributed by atoms with Gasteiger partial charge in [-0.2, -0.15) is 0 Å². The number of carbonyl (C=O) groups excluding carboxylic acids is 1. The van der Waals surface area contributed by atoms with Crippen LogP contribution in [0.1, 0.15) is 41.7 Å². The minimum absolute atomic E-state index is 0.186. The molecule has 0 saturated carbocycles. The van der Waals surface area contributed by atoms with Gasteiger partial charge in [0.1, 0.15) is 13.2 Å². The Hall–Kier alpha value is -2.60. The van der Waals surface area contributed by atoms with Crippen molar-refractivity contribution >= 4 is 17.5 Å². The summed E-state index contributed by atoms with van der Waals surface area (Å²) in [5.74, 6) is 2.27. The van der Waals surface area contributed by atoms with Crippen LogP contribution in [0.5, 0.6) is 23.0 Å². The van der Waals surface area contributed by atoms with Gasteiger partial charge in [0, 0.05) is 12.5 Å². The van der Waals surface area contributed by atoms with E-state index in [1.807, 2.05) is 25.1 Å². The second kappa shape index (κ2) is 8.19. The van der Waals surface area contributed by atoms with E-state index >= 15 is 0 Å². The highest BCUT2D eigenvalue weighted by molar-refractivity contribution is 6.34. The molecule has 1 amide bonds. The number of nitrogens with one attached hydrogen (secondary N) is 1. The highest BCUT2D eigenvalue weighted by Gasteiger charge is 2.22. The van der Waals surface area contributed by atoms with Gasteiger partial charge in [0.15, 0.2) is 23.0 Å². The average molecular weight is 404 g/mol. The quantitative estimate of drug-likeness (QED) is 0.830. The molecule has 4 rings (SSSR count). The minimum atomic E-state index is -0.263. The van der Waals surface area contributed by atoms with Crippen LogP contribution in [0.3, 0.4) is 0 Å². The van der Waals surface area contributed by atoms with Crippen molar-refractivity contribution in [1.82, 2.24) is 5.32 Å². The summed E-state index contributed by atoms with van der Waals surface area (Å²) in [7, 11) is 0. The van der Waals surface area contributed by atoms with Crippen LogP contribution < -0.4 is 24.3 Å². The van der Waals surface area contributed by atoms with E-state index < -0.39 is 0 Å². The summed E-state index contributed by atoms with van der Waals surface area (Å²) >= 11 is 6.31. The van der Waals surface area contributed by atoms with Crippen molar-refractivity contribution in [3.05, 3.63) is 46.5 Å². The molecule has 28 heavy (non-hydrogen) atoms. The minimum Gasteiger partial charge on any atom is -0.490 e. The fourth-order valence-corrected chi connectivity index (χ4v) is 3.53. The molecule has 0 saturated heterocycles. The number of rotatable bonds is 4. The Labute approximate surface area is 168 Å². The summed E-state index contributed by atoms with van der Waals surface area (Å²) in [6, 6.07) is 8.84. The number of hydrogen-bond donors (Lipinski definition) is 1. The third-order valence-corrected chi connectivity index (χ3v) is 5.08. The molecule has 2 aromatic carbocycles. The molecule has 2 aliphatic rings. The zero-order valence-corrected chi connectivity index (χ0v) is 16.4. The Morgan fingerprint density at radius 2 is 1.61 bits per heavy atom. The monoisotopic (exact) mass is 403 g/mol. The largest absolute Gasteiger partial charge is 0.490 e. The van der Waals surface area contributed by atoms with Crippen LogP contribution in [0.4, 0.5) is 0 Å². The van der Waals surface area contributed by atoms with Gasteiger partial charge in [0.05, 0.1) is 29.8 Å². The van der Waals surface area contributed by atoms with Crippen molar-refractivity contribution in [2.75, 3.05) is 26.4 Å². The molecule has 2 aromatic rings. The maximum atomic E-state index is 12.9. The Balaban J connectivity index is 1.55. The fourth-order valence-electron chi connectivity index (χ4n) is 3.29. The van der Waals surface area contributed by atoms with Crippen LogP contribution >= 0.6 is 11.6 Å². The van der Waals surface area contributed by atoms with E-state index in [0.717, 1.165) is 17.7 Å². The topological polar surface area (TPSA) is 66.0 Å². The highest BCUT2D eigenvalue weighted by Crippen LogP contribution is 2.36. The molecule has 0 spiro atoms. The number of halogens is 1. The molecule has 2 heterocycles. The van der Waals surface area contributed by atoms with Crippen molar-refractivity contribution in [1.29, 1.82) is 0 Å². The maximum absolute atomic E-state index is 12.9. The second-order valence-corrected chi connectivity index (χ2v) is 7.07. The summed E-state index contributed by atoms with van der Waals surface area (Å²) in [5.41, 5.74) is 1.31. The molecular formula is C21H22ClNO5. The first kappa shape index (κ1) is 18.7. The van der Waals surface area contributed by atoms with E-state index in [2.05, 4.69) is 5.32 Å². The first-order chi connectivity index (χ1) is 13.7. The molecule has 6 nitrogen and oxygen atoms in total. The Bertz CT molecular complexity index is 885. The molecule has 0 aromatic heterocycles. The van der Waals surface area contributed by atoms with Crippen molar-refractivity contribution < 1.29 is 23.7 Å². The maximum Gasteiger partial charge on any atom is 0.253 e. The third kappa shape index (κ3) is 3.83. The van der Waals surface area contributed by atoms with Crippen molar-refractivity contribution in [3.63, 3.8) is 0 Å². The molecule has 0 radical (unpaired) electrons. The molecular weight excluding hydrogens is 382 g/mol. The molecule has 1 atom stereocenters. The van der Waals surface area contributed by atoms with Gasteiger partial charge in [0.2, 0.25) is 0 Å². The molecule has 0 aliphatic carbocycles. The number of amides is 1. The van der Waals surface area contributed by atoms with Crippen LogP contribution in [-0.4, -0.2) is 32.3 Å². The van der Waals surface area contributed by atoms with Crippen LogP contribution in [0.25, 0.3) is 0 Å². The first-order valence-electron chi connectivity index (χ1n) is 9.45. The van der Waals surface area contributed by atoms with Crippen LogP contribution in [0.2, 0.25) is 5.02 Å². The Morgan fingerprint density at radius 3 is 2.36 bits per heavy atom. The lowest BCUT2D eigenvalue weighted by atomic mass is 10.0. The molecule has 1 N–H and O–H groups in total. The molecule has 2 aliphatic heterocycles. The van der Waals surface area contributed by atoms with Gasteiger partial charge in [-0.15, -0.1) is 0 Å². The van der Waals surface area contributed by atoms with E-state index in [0.29, 0.717) is 60.7 Å². The fraction of sp³-hybridized carbons (Fsp3) is 0.381. The van der Waals surface area contributed by atoms with Gasteiger partial charge in [-0.05, 0) is 30.2 Å². The molecule has 7 heteroatoms. The zero-order chi connectivity index (χ0) is 19.5. The van der Waals surface area contributed by atoms with Gasteiger partial charge >= 0.3 is 0 Å². The van der Waals surface area contributed by atoms with Crippen LogP contribution in [0.15, 0.2) is 30.3 Å². The number of carbonyl (C=O) groups is 1. The Morgan fingerprint density at radius 1 is 0.964 bits per heavy atom. The van der Waals surface area contributed by atoms with E-state index in [1.165, 1.54) is 0 Å². The predicted molar refractivity (Wildman–Crippen MR) is 105 cm³/mol. The van der Waals surface area contributed by atoms with Crippen LogP contribution in [-0.2, 0) is 0 Å².